The molecule has 0 atom stereocenters. The number of anilines is 1. The van der Waals surface area contributed by atoms with Crippen LogP contribution in [-0.2, 0) is 16.1 Å². The number of amides is 2. The minimum Gasteiger partial charge on any atom is -0.371 e. The molecular formula is C18H23FN6O2. The van der Waals surface area contributed by atoms with Gasteiger partial charge in [0.15, 0.2) is 0 Å². The fourth-order valence-electron chi connectivity index (χ4n) is 3.36. The second-order valence-electron chi connectivity index (χ2n) is 6.90. The highest BCUT2D eigenvalue weighted by atomic mass is 19.1. The van der Waals surface area contributed by atoms with Gasteiger partial charge in [0.25, 0.3) is 0 Å². The van der Waals surface area contributed by atoms with Gasteiger partial charge in [-0.05, 0) is 31.0 Å². The quantitative estimate of drug-likeness (QED) is 0.844. The number of piperidine rings is 1. The average Bonchev–Trinajstić information content (AvgIpc) is 3.14. The van der Waals surface area contributed by atoms with Crippen molar-refractivity contribution in [2.75, 3.05) is 32.5 Å². The molecule has 1 aliphatic rings. The van der Waals surface area contributed by atoms with Crippen molar-refractivity contribution in [3.8, 4) is 0 Å². The van der Waals surface area contributed by atoms with Gasteiger partial charge < -0.3 is 15.1 Å². The molecule has 0 unspecified atom stereocenters. The normalized spacial score (nSPS) is 16.0. The van der Waals surface area contributed by atoms with Gasteiger partial charge in [-0.25, -0.2) is 9.07 Å². The number of hydrogen-bond donors (Lipinski definition) is 1. The molecule has 1 saturated heterocycles. The van der Waals surface area contributed by atoms with E-state index in [2.05, 4.69) is 15.6 Å². The first-order valence-corrected chi connectivity index (χ1v) is 8.77. The first-order valence-electron chi connectivity index (χ1n) is 8.77. The number of aromatic nitrogens is 3. The number of likely N-dealkylation sites (N-methyl/N-ethyl adjacent to an activating group) is 1. The van der Waals surface area contributed by atoms with Gasteiger partial charge in [-0.1, -0.05) is 11.3 Å². The summed E-state index contributed by atoms with van der Waals surface area (Å²) in [6.45, 7) is 0.969. The molecule has 0 aliphatic carbocycles. The van der Waals surface area contributed by atoms with Crippen molar-refractivity contribution in [3.05, 3.63) is 42.5 Å². The second-order valence-corrected chi connectivity index (χ2v) is 6.90. The third kappa shape index (κ3) is 4.24. The van der Waals surface area contributed by atoms with Crippen LogP contribution in [0.25, 0.3) is 0 Å². The van der Waals surface area contributed by atoms with E-state index in [-0.39, 0.29) is 24.2 Å². The van der Waals surface area contributed by atoms with Gasteiger partial charge >= 0.3 is 0 Å². The first kappa shape index (κ1) is 18.8. The molecule has 144 valence electrons. The molecule has 9 heteroatoms. The van der Waals surface area contributed by atoms with Crippen LogP contribution < -0.4 is 5.32 Å². The standard InChI is InChI=1S/C18H23FN6O2/c1-23(2)17(27)18(21-15-5-3-4-14(19)12-15)6-9-24(10-7-18)16(26)13-25-11-8-20-22-25/h3-5,8,11-12,21H,6-7,9-10,13H2,1-2H3. The van der Waals surface area contributed by atoms with Gasteiger partial charge in [0, 0.05) is 39.1 Å². The van der Waals surface area contributed by atoms with E-state index in [0.717, 1.165) is 0 Å². The maximum absolute atomic E-state index is 13.6. The van der Waals surface area contributed by atoms with Crippen LogP contribution in [0.5, 0.6) is 0 Å². The molecule has 0 radical (unpaired) electrons. The van der Waals surface area contributed by atoms with Crippen molar-refractivity contribution in [2.24, 2.45) is 0 Å². The molecular weight excluding hydrogens is 351 g/mol. The van der Waals surface area contributed by atoms with E-state index < -0.39 is 5.54 Å². The Morgan fingerprint density at radius 1 is 1.30 bits per heavy atom. The first-order chi connectivity index (χ1) is 12.9. The lowest BCUT2D eigenvalue weighted by Gasteiger charge is -2.43. The monoisotopic (exact) mass is 374 g/mol. The van der Waals surface area contributed by atoms with Crippen LogP contribution in [0.1, 0.15) is 12.8 Å². The molecule has 1 fully saturated rings. The molecule has 2 aromatic rings. The lowest BCUT2D eigenvalue weighted by Crippen LogP contribution is -2.59. The zero-order valence-electron chi connectivity index (χ0n) is 15.4. The van der Waals surface area contributed by atoms with Crippen LogP contribution >= 0.6 is 0 Å². The van der Waals surface area contributed by atoms with E-state index in [1.165, 1.54) is 27.9 Å². The summed E-state index contributed by atoms with van der Waals surface area (Å²) in [6.07, 6.45) is 4.02. The van der Waals surface area contributed by atoms with E-state index in [9.17, 15) is 14.0 Å². The highest BCUT2D eigenvalue weighted by Gasteiger charge is 2.43. The molecule has 0 spiro atoms. The molecule has 0 saturated carbocycles. The van der Waals surface area contributed by atoms with Crippen molar-refractivity contribution < 1.29 is 14.0 Å². The van der Waals surface area contributed by atoms with E-state index in [4.69, 9.17) is 0 Å². The smallest absolute Gasteiger partial charge is 0.247 e. The topological polar surface area (TPSA) is 83.4 Å². The molecule has 3 rings (SSSR count). The summed E-state index contributed by atoms with van der Waals surface area (Å²) in [4.78, 5) is 28.6. The summed E-state index contributed by atoms with van der Waals surface area (Å²) >= 11 is 0. The van der Waals surface area contributed by atoms with Crippen LogP contribution in [0.2, 0.25) is 0 Å². The van der Waals surface area contributed by atoms with Gasteiger partial charge in [0.05, 0.1) is 6.20 Å². The molecule has 1 N–H and O–H groups in total. The van der Waals surface area contributed by atoms with Gasteiger partial charge in [-0.2, -0.15) is 0 Å². The van der Waals surface area contributed by atoms with E-state index in [0.29, 0.717) is 31.6 Å². The fraction of sp³-hybridized carbons (Fsp3) is 0.444. The summed E-state index contributed by atoms with van der Waals surface area (Å²) in [6, 6.07) is 6.06. The maximum Gasteiger partial charge on any atom is 0.247 e. The minimum absolute atomic E-state index is 0.0721. The summed E-state index contributed by atoms with van der Waals surface area (Å²) in [7, 11) is 3.39. The lowest BCUT2D eigenvalue weighted by atomic mass is 9.85. The predicted molar refractivity (Wildman–Crippen MR) is 97.3 cm³/mol. The minimum atomic E-state index is -0.874. The molecule has 27 heavy (non-hydrogen) atoms. The lowest BCUT2D eigenvalue weighted by molar-refractivity contribution is -0.140. The number of carbonyl (C=O) groups excluding carboxylic acids is 2. The van der Waals surface area contributed by atoms with Crippen molar-refractivity contribution in [3.63, 3.8) is 0 Å². The molecule has 2 heterocycles. The van der Waals surface area contributed by atoms with E-state index in [1.807, 2.05) is 0 Å². The van der Waals surface area contributed by atoms with E-state index >= 15 is 0 Å². The number of nitrogens with zero attached hydrogens (tertiary/aromatic N) is 5. The Morgan fingerprint density at radius 2 is 2.04 bits per heavy atom. The highest BCUT2D eigenvalue weighted by Crippen LogP contribution is 2.29. The van der Waals surface area contributed by atoms with Crippen LogP contribution in [0.3, 0.4) is 0 Å². The third-order valence-electron chi connectivity index (χ3n) is 4.76. The summed E-state index contributed by atoms with van der Waals surface area (Å²) < 4.78 is 15.0. The van der Waals surface area contributed by atoms with Gasteiger partial charge in [-0.3, -0.25) is 9.59 Å². The largest absolute Gasteiger partial charge is 0.371 e. The number of hydrogen-bond acceptors (Lipinski definition) is 5. The Kier molecular flexibility index (Phi) is 5.38. The Morgan fingerprint density at radius 3 is 2.63 bits per heavy atom. The highest BCUT2D eigenvalue weighted by molar-refractivity contribution is 5.89. The third-order valence-corrected chi connectivity index (χ3v) is 4.76. The number of nitrogens with one attached hydrogen (secondary N) is 1. The number of likely N-dealkylation sites (tertiary alicyclic amines) is 1. The molecule has 1 aliphatic heterocycles. The summed E-state index contributed by atoms with van der Waals surface area (Å²) in [5.74, 6) is -0.528. The SMILES string of the molecule is CN(C)C(=O)C1(Nc2cccc(F)c2)CCN(C(=O)Cn2ccnn2)CC1. The molecule has 1 aromatic carbocycles. The Hall–Kier alpha value is -2.97. The van der Waals surface area contributed by atoms with Crippen LogP contribution in [0.4, 0.5) is 10.1 Å². The zero-order chi connectivity index (χ0) is 19.4. The summed E-state index contributed by atoms with van der Waals surface area (Å²) in [5, 5.41) is 10.7. The molecule has 1 aromatic heterocycles. The molecule has 2 amide bonds. The zero-order valence-corrected chi connectivity index (χ0v) is 15.4. The number of halogens is 1. The average molecular weight is 374 g/mol. The molecule has 8 nitrogen and oxygen atoms in total. The van der Waals surface area contributed by atoms with Crippen LogP contribution in [0, 0.1) is 5.82 Å². The van der Waals surface area contributed by atoms with E-state index in [1.54, 1.807) is 37.3 Å². The summed E-state index contributed by atoms with van der Waals surface area (Å²) in [5.41, 5.74) is -0.325. The van der Waals surface area contributed by atoms with Crippen molar-refractivity contribution in [1.82, 2.24) is 24.8 Å². The van der Waals surface area contributed by atoms with Gasteiger partial charge in [0.1, 0.15) is 17.9 Å². The molecule has 0 bridgehead atoms. The fourth-order valence-corrected chi connectivity index (χ4v) is 3.36. The number of benzene rings is 1. The number of carbonyl (C=O) groups is 2. The predicted octanol–water partition coefficient (Wildman–Crippen LogP) is 0.979. The van der Waals surface area contributed by atoms with Crippen molar-refractivity contribution in [2.45, 2.75) is 24.9 Å². The Labute approximate surface area is 156 Å². The van der Waals surface area contributed by atoms with Crippen molar-refractivity contribution in [1.29, 1.82) is 0 Å². The number of rotatable bonds is 5. The van der Waals surface area contributed by atoms with Crippen LogP contribution in [-0.4, -0.2) is 69.3 Å². The van der Waals surface area contributed by atoms with Crippen LogP contribution in [0.15, 0.2) is 36.7 Å². The van der Waals surface area contributed by atoms with Gasteiger partial charge in [-0.15, -0.1) is 5.10 Å². The Balaban J connectivity index is 1.72. The van der Waals surface area contributed by atoms with Gasteiger partial charge in [0.2, 0.25) is 11.8 Å². The maximum atomic E-state index is 13.6. The Bertz CT molecular complexity index is 800. The van der Waals surface area contributed by atoms with Crippen molar-refractivity contribution >= 4 is 17.5 Å². The second kappa shape index (κ2) is 7.73.